The summed E-state index contributed by atoms with van der Waals surface area (Å²) >= 11 is 0. The van der Waals surface area contributed by atoms with Gasteiger partial charge >= 0.3 is 5.97 Å². The predicted octanol–water partition coefficient (Wildman–Crippen LogP) is 2.22. The van der Waals surface area contributed by atoms with E-state index in [4.69, 9.17) is 4.74 Å². The van der Waals surface area contributed by atoms with Crippen LogP contribution < -0.4 is 10.1 Å². The van der Waals surface area contributed by atoms with Crippen LogP contribution in [-0.4, -0.2) is 29.1 Å². The summed E-state index contributed by atoms with van der Waals surface area (Å²) < 4.78 is 5.69. The van der Waals surface area contributed by atoms with Gasteiger partial charge in [-0.15, -0.1) is 0 Å². The first-order chi connectivity index (χ1) is 10.3. The lowest BCUT2D eigenvalue weighted by Crippen LogP contribution is -2.47. The van der Waals surface area contributed by atoms with Gasteiger partial charge in [-0.05, 0) is 48.9 Å². The molecule has 1 unspecified atom stereocenters. The third kappa shape index (κ3) is 3.59. The van der Waals surface area contributed by atoms with Crippen LogP contribution in [-0.2, 0) is 16.0 Å². The Labute approximate surface area is 130 Å². The van der Waals surface area contributed by atoms with Crippen molar-refractivity contribution in [3.05, 3.63) is 28.8 Å². The molecule has 0 saturated carbocycles. The van der Waals surface area contributed by atoms with E-state index in [1.54, 1.807) is 0 Å². The predicted molar refractivity (Wildman–Crippen MR) is 83.1 cm³/mol. The molecule has 0 fully saturated rings. The van der Waals surface area contributed by atoms with Crippen molar-refractivity contribution in [2.24, 2.45) is 5.92 Å². The maximum absolute atomic E-state index is 12.3. The Morgan fingerprint density at radius 2 is 1.95 bits per heavy atom. The third-order valence-corrected chi connectivity index (χ3v) is 3.97. The SMILES string of the molecule is Cc1cc2c(cc1C)OC(C(=O)N[C@H](CC(C)C)C(=O)O)C2. The molecule has 0 radical (unpaired) electrons. The summed E-state index contributed by atoms with van der Waals surface area (Å²) in [5.74, 6) is -0.462. The van der Waals surface area contributed by atoms with Crippen molar-refractivity contribution in [1.29, 1.82) is 0 Å². The van der Waals surface area contributed by atoms with E-state index in [1.807, 2.05) is 39.8 Å². The molecule has 1 aliphatic rings. The number of rotatable bonds is 5. The number of carbonyl (C=O) groups excluding carboxylic acids is 1. The maximum Gasteiger partial charge on any atom is 0.326 e. The molecule has 1 amide bonds. The van der Waals surface area contributed by atoms with Crippen LogP contribution in [0.15, 0.2) is 12.1 Å². The zero-order valence-corrected chi connectivity index (χ0v) is 13.5. The van der Waals surface area contributed by atoms with Crippen molar-refractivity contribution in [3.63, 3.8) is 0 Å². The summed E-state index contributed by atoms with van der Waals surface area (Å²) in [5.41, 5.74) is 3.27. The second-order valence-electron chi connectivity index (χ2n) is 6.38. The number of carbonyl (C=O) groups is 2. The molecule has 1 aromatic carbocycles. The molecule has 1 aromatic rings. The zero-order valence-electron chi connectivity index (χ0n) is 13.5. The first-order valence-corrected chi connectivity index (χ1v) is 7.58. The fourth-order valence-electron chi connectivity index (χ4n) is 2.62. The van der Waals surface area contributed by atoms with Crippen molar-refractivity contribution in [3.8, 4) is 5.75 Å². The average molecular weight is 305 g/mol. The second kappa shape index (κ2) is 6.38. The molecule has 0 saturated heterocycles. The number of aryl methyl sites for hydroxylation is 2. The summed E-state index contributed by atoms with van der Waals surface area (Å²) in [4.78, 5) is 23.5. The fourth-order valence-corrected chi connectivity index (χ4v) is 2.62. The van der Waals surface area contributed by atoms with Gasteiger partial charge in [-0.1, -0.05) is 19.9 Å². The summed E-state index contributed by atoms with van der Waals surface area (Å²) in [6.45, 7) is 7.87. The highest BCUT2D eigenvalue weighted by Gasteiger charge is 2.32. The number of carboxylic acids is 1. The van der Waals surface area contributed by atoms with Crippen LogP contribution in [0.4, 0.5) is 0 Å². The summed E-state index contributed by atoms with van der Waals surface area (Å²) in [5, 5.41) is 11.8. The number of hydrogen-bond donors (Lipinski definition) is 2. The molecule has 0 spiro atoms. The van der Waals surface area contributed by atoms with Gasteiger partial charge in [-0.3, -0.25) is 4.79 Å². The maximum atomic E-state index is 12.3. The van der Waals surface area contributed by atoms with Crippen LogP contribution in [0.1, 0.15) is 37.0 Å². The number of nitrogens with one attached hydrogen (secondary N) is 1. The molecule has 22 heavy (non-hydrogen) atoms. The molecular weight excluding hydrogens is 282 g/mol. The molecule has 0 aliphatic carbocycles. The smallest absolute Gasteiger partial charge is 0.326 e. The highest BCUT2D eigenvalue weighted by Crippen LogP contribution is 2.31. The van der Waals surface area contributed by atoms with Crippen molar-refractivity contribution in [1.82, 2.24) is 5.32 Å². The molecule has 5 nitrogen and oxygen atoms in total. The molecule has 0 aromatic heterocycles. The van der Waals surface area contributed by atoms with Crippen molar-refractivity contribution < 1.29 is 19.4 Å². The Balaban J connectivity index is 2.04. The zero-order chi connectivity index (χ0) is 16.4. The highest BCUT2D eigenvalue weighted by molar-refractivity contribution is 5.87. The van der Waals surface area contributed by atoms with E-state index in [0.717, 1.165) is 22.4 Å². The van der Waals surface area contributed by atoms with Crippen molar-refractivity contribution >= 4 is 11.9 Å². The normalized spacial score (nSPS) is 17.8. The Morgan fingerprint density at radius 3 is 2.55 bits per heavy atom. The molecular formula is C17H23NO4. The van der Waals surface area contributed by atoms with Crippen LogP contribution in [0.3, 0.4) is 0 Å². The van der Waals surface area contributed by atoms with Crippen LogP contribution in [0.25, 0.3) is 0 Å². The number of hydrogen-bond acceptors (Lipinski definition) is 3. The molecule has 2 rings (SSSR count). The van der Waals surface area contributed by atoms with Crippen LogP contribution in [0.2, 0.25) is 0 Å². The van der Waals surface area contributed by atoms with E-state index in [0.29, 0.717) is 12.8 Å². The monoisotopic (exact) mass is 305 g/mol. The molecule has 5 heteroatoms. The minimum Gasteiger partial charge on any atom is -0.480 e. The van der Waals surface area contributed by atoms with E-state index in [9.17, 15) is 14.7 Å². The van der Waals surface area contributed by atoms with E-state index in [-0.39, 0.29) is 11.8 Å². The number of fused-ring (bicyclic) bond motifs is 1. The van der Waals surface area contributed by atoms with Gasteiger partial charge in [-0.2, -0.15) is 0 Å². The Hall–Kier alpha value is -2.04. The standard InChI is InChI=1S/C17H23NO4/c1-9(2)5-13(17(20)21)18-16(19)15-8-12-6-10(3)11(4)7-14(12)22-15/h6-7,9,13,15H,5,8H2,1-4H3,(H,18,19)(H,20,21)/t13-,15?/m1/s1. The van der Waals surface area contributed by atoms with Gasteiger partial charge in [0.25, 0.3) is 5.91 Å². The first kappa shape index (κ1) is 16.3. The lowest BCUT2D eigenvalue weighted by Gasteiger charge is -2.18. The number of carboxylic acid groups (broad SMARTS) is 1. The van der Waals surface area contributed by atoms with Gasteiger partial charge in [0.05, 0.1) is 0 Å². The summed E-state index contributed by atoms with van der Waals surface area (Å²) in [6.07, 6.45) is 0.236. The van der Waals surface area contributed by atoms with E-state index in [1.165, 1.54) is 0 Å². The van der Waals surface area contributed by atoms with E-state index in [2.05, 4.69) is 5.32 Å². The fraction of sp³-hybridized carbons (Fsp3) is 0.529. The van der Waals surface area contributed by atoms with Gasteiger partial charge in [-0.25, -0.2) is 4.79 Å². The Kier molecular flexibility index (Phi) is 4.74. The molecule has 0 bridgehead atoms. The highest BCUT2D eigenvalue weighted by atomic mass is 16.5. The molecule has 2 N–H and O–H groups in total. The number of amides is 1. The molecule has 1 aliphatic heterocycles. The summed E-state index contributed by atoms with van der Waals surface area (Å²) in [6, 6.07) is 3.09. The van der Waals surface area contributed by atoms with Crippen molar-refractivity contribution in [2.75, 3.05) is 0 Å². The van der Waals surface area contributed by atoms with Crippen LogP contribution in [0.5, 0.6) is 5.75 Å². The van der Waals surface area contributed by atoms with Gasteiger partial charge < -0.3 is 15.2 Å². The second-order valence-corrected chi connectivity index (χ2v) is 6.38. The Bertz CT molecular complexity index is 564. The van der Waals surface area contributed by atoms with Crippen molar-refractivity contribution in [2.45, 2.75) is 52.7 Å². The van der Waals surface area contributed by atoms with Crippen LogP contribution >= 0.6 is 0 Å². The number of aliphatic carboxylic acids is 1. The lowest BCUT2D eigenvalue weighted by molar-refractivity contribution is -0.143. The first-order valence-electron chi connectivity index (χ1n) is 7.58. The molecule has 2 atom stereocenters. The van der Waals surface area contributed by atoms with Gasteiger partial charge in [0.15, 0.2) is 6.10 Å². The number of ether oxygens (including phenoxy) is 1. The topological polar surface area (TPSA) is 75.6 Å². The molecule has 1 heterocycles. The van der Waals surface area contributed by atoms with Gasteiger partial charge in [0.1, 0.15) is 11.8 Å². The average Bonchev–Trinajstić information content (AvgIpc) is 2.80. The quantitative estimate of drug-likeness (QED) is 0.874. The number of benzene rings is 1. The van der Waals surface area contributed by atoms with Crippen LogP contribution in [0, 0.1) is 19.8 Å². The minimum atomic E-state index is -1.01. The van der Waals surface area contributed by atoms with E-state index >= 15 is 0 Å². The van der Waals surface area contributed by atoms with Gasteiger partial charge in [0, 0.05) is 6.42 Å². The molecule has 120 valence electrons. The van der Waals surface area contributed by atoms with E-state index < -0.39 is 18.1 Å². The largest absolute Gasteiger partial charge is 0.480 e. The Morgan fingerprint density at radius 1 is 1.32 bits per heavy atom. The lowest BCUT2D eigenvalue weighted by atomic mass is 10.0. The van der Waals surface area contributed by atoms with Gasteiger partial charge in [0.2, 0.25) is 0 Å². The minimum absolute atomic E-state index is 0.188. The summed E-state index contributed by atoms with van der Waals surface area (Å²) in [7, 11) is 0. The third-order valence-electron chi connectivity index (χ3n) is 3.97.